The van der Waals surface area contributed by atoms with Crippen LogP contribution in [0.3, 0.4) is 0 Å². The van der Waals surface area contributed by atoms with Gasteiger partial charge in [0.1, 0.15) is 5.82 Å². The Balaban J connectivity index is 2.13. The second-order valence-electron chi connectivity index (χ2n) is 5.27. The fourth-order valence-electron chi connectivity index (χ4n) is 2.65. The summed E-state index contributed by atoms with van der Waals surface area (Å²) >= 11 is 0. The SMILES string of the molecule is Cc1cc(F)ccc1S(=O)(=O)N1CCN(C)c2ccncc21. The van der Waals surface area contributed by atoms with Crippen molar-refractivity contribution >= 4 is 21.4 Å². The molecule has 0 aliphatic carbocycles. The molecule has 1 aromatic carbocycles. The lowest BCUT2D eigenvalue weighted by molar-refractivity contribution is 0.587. The highest BCUT2D eigenvalue weighted by molar-refractivity contribution is 7.93. The first-order valence-electron chi connectivity index (χ1n) is 6.85. The van der Waals surface area contributed by atoms with Crippen LogP contribution in [0.2, 0.25) is 0 Å². The van der Waals surface area contributed by atoms with Gasteiger partial charge in [0.2, 0.25) is 0 Å². The minimum atomic E-state index is -3.75. The molecule has 0 N–H and O–H groups in total. The third-order valence-electron chi connectivity index (χ3n) is 3.80. The van der Waals surface area contributed by atoms with Crippen molar-refractivity contribution in [2.75, 3.05) is 29.3 Å². The molecule has 116 valence electrons. The summed E-state index contributed by atoms with van der Waals surface area (Å²) in [6.07, 6.45) is 3.18. The maximum Gasteiger partial charge on any atom is 0.264 e. The minimum absolute atomic E-state index is 0.119. The molecule has 0 amide bonds. The van der Waals surface area contributed by atoms with E-state index in [0.717, 1.165) is 5.69 Å². The lowest BCUT2D eigenvalue weighted by atomic mass is 10.2. The number of likely N-dealkylation sites (N-methyl/N-ethyl adjacent to an activating group) is 1. The normalized spacial score (nSPS) is 14.9. The lowest BCUT2D eigenvalue weighted by Crippen LogP contribution is -2.42. The van der Waals surface area contributed by atoms with Gasteiger partial charge in [-0.3, -0.25) is 9.29 Å². The third-order valence-corrected chi connectivity index (χ3v) is 5.77. The second-order valence-corrected chi connectivity index (χ2v) is 7.10. The van der Waals surface area contributed by atoms with E-state index in [9.17, 15) is 12.8 Å². The van der Waals surface area contributed by atoms with Crippen LogP contribution >= 0.6 is 0 Å². The van der Waals surface area contributed by atoms with Crippen molar-refractivity contribution in [2.24, 2.45) is 0 Å². The number of aryl methyl sites for hydroxylation is 1. The predicted octanol–water partition coefficient (Wildman–Crippen LogP) is 2.17. The van der Waals surface area contributed by atoms with E-state index >= 15 is 0 Å². The van der Waals surface area contributed by atoms with Crippen LogP contribution in [0.15, 0.2) is 41.6 Å². The highest BCUT2D eigenvalue weighted by Crippen LogP contribution is 2.35. The standard InChI is InChI=1S/C15H16FN3O2S/c1-11-9-12(16)3-4-15(11)22(20,21)19-8-7-18(2)13-5-6-17-10-14(13)19/h3-6,9-10H,7-8H2,1-2H3. The molecule has 2 aromatic rings. The average Bonchev–Trinajstić information content (AvgIpc) is 2.47. The molecule has 0 fully saturated rings. The highest BCUT2D eigenvalue weighted by atomic mass is 32.2. The number of hydrogen-bond acceptors (Lipinski definition) is 4. The van der Waals surface area contributed by atoms with Crippen LogP contribution in [0.1, 0.15) is 5.56 Å². The molecule has 2 heterocycles. The minimum Gasteiger partial charge on any atom is -0.371 e. The van der Waals surface area contributed by atoms with Gasteiger partial charge in [-0.15, -0.1) is 0 Å². The molecule has 0 saturated carbocycles. The molecule has 7 heteroatoms. The van der Waals surface area contributed by atoms with Gasteiger partial charge in [0.05, 0.1) is 29.0 Å². The van der Waals surface area contributed by atoms with Crippen LogP contribution in [0.25, 0.3) is 0 Å². The Bertz CT molecular complexity index is 823. The van der Waals surface area contributed by atoms with E-state index in [2.05, 4.69) is 4.98 Å². The fraction of sp³-hybridized carbons (Fsp3) is 0.267. The van der Waals surface area contributed by atoms with Crippen molar-refractivity contribution < 1.29 is 12.8 Å². The van der Waals surface area contributed by atoms with E-state index in [4.69, 9.17) is 0 Å². The van der Waals surface area contributed by atoms with Gasteiger partial charge in [-0.2, -0.15) is 0 Å². The summed E-state index contributed by atoms with van der Waals surface area (Å²) in [5.74, 6) is -0.447. The first kappa shape index (κ1) is 14.8. The topological polar surface area (TPSA) is 53.5 Å². The van der Waals surface area contributed by atoms with Gasteiger partial charge in [-0.1, -0.05) is 0 Å². The van der Waals surface area contributed by atoms with Crippen LogP contribution in [0.5, 0.6) is 0 Å². The number of pyridine rings is 1. The van der Waals surface area contributed by atoms with Gasteiger partial charge in [-0.25, -0.2) is 12.8 Å². The zero-order valence-corrected chi connectivity index (χ0v) is 13.1. The molecular formula is C15H16FN3O2S. The number of benzene rings is 1. The summed E-state index contributed by atoms with van der Waals surface area (Å²) in [6.45, 7) is 2.50. The summed E-state index contributed by atoms with van der Waals surface area (Å²) < 4.78 is 40.5. The van der Waals surface area contributed by atoms with Crippen molar-refractivity contribution in [3.63, 3.8) is 0 Å². The average molecular weight is 321 g/mol. The quantitative estimate of drug-likeness (QED) is 0.851. The van der Waals surface area contributed by atoms with Crippen LogP contribution < -0.4 is 9.21 Å². The van der Waals surface area contributed by atoms with Crippen LogP contribution in [-0.2, 0) is 10.0 Å². The summed E-state index contributed by atoms with van der Waals surface area (Å²) in [4.78, 5) is 6.14. The van der Waals surface area contributed by atoms with Crippen molar-refractivity contribution in [2.45, 2.75) is 11.8 Å². The van der Waals surface area contributed by atoms with E-state index in [1.807, 2.05) is 11.9 Å². The van der Waals surface area contributed by atoms with E-state index < -0.39 is 15.8 Å². The number of aromatic nitrogens is 1. The number of anilines is 2. The zero-order valence-electron chi connectivity index (χ0n) is 12.3. The lowest BCUT2D eigenvalue weighted by Gasteiger charge is -2.35. The summed E-state index contributed by atoms with van der Waals surface area (Å²) in [6, 6.07) is 5.50. The van der Waals surface area contributed by atoms with Gasteiger partial charge in [-0.05, 0) is 36.8 Å². The van der Waals surface area contributed by atoms with Gasteiger partial charge in [0.25, 0.3) is 10.0 Å². The molecule has 5 nitrogen and oxygen atoms in total. The van der Waals surface area contributed by atoms with Gasteiger partial charge in [0.15, 0.2) is 0 Å². The van der Waals surface area contributed by atoms with E-state index in [-0.39, 0.29) is 4.90 Å². The van der Waals surface area contributed by atoms with Crippen LogP contribution in [0.4, 0.5) is 15.8 Å². The monoisotopic (exact) mass is 321 g/mol. The first-order chi connectivity index (χ1) is 10.4. The van der Waals surface area contributed by atoms with Crippen molar-refractivity contribution in [1.82, 2.24) is 4.98 Å². The Morgan fingerprint density at radius 1 is 1.18 bits per heavy atom. The summed E-state index contributed by atoms with van der Waals surface area (Å²) in [7, 11) is -1.84. The summed E-state index contributed by atoms with van der Waals surface area (Å²) in [5.41, 5.74) is 1.74. The molecular weight excluding hydrogens is 305 g/mol. The first-order valence-corrected chi connectivity index (χ1v) is 8.29. The van der Waals surface area contributed by atoms with E-state index in [1.165, 1.54) is 22.5 Å². The van der Waals surface area contributed by atoms with E-state index in [0.29, 0.717) is 24.3 Å². The zero-order chi connectivity index (χ0) is 15.9. The molecule has 0 unspecified atom stereocenters. The molecule has 3 rings (SSSR count). The summed E-state index contributed by atoms with van der Waals surface area (Å²) in [5, 5.41) is 0. The Hall–Kier alpha value is -2.15. The second kappa shape index (κ2) is 5.24. The number of sulfonamides is 1. The Labute approximate surface area is 129 Å². The number of rotatable bonds is 2. The fourth-order valence-corrected chi connectivity index (χ4v) is 4.31. The Morgan fingerprint density at radius 3 is 2.68 bits per heavy atom. The molecule has 0 bridgehead atoms. The van der Waals surface area contributed by atoms with Gasteiger partial charge in [0, 0.05) is 19.8 Å². The molecule has 0 spiro atoms. The third kappa shape index (κ3) is 2.31. The van der Waals surface area contributed by atoms with E-state index in [1.54, 1.807) is 25.4 Å². The van der Waals surface area contributed by atoms with Crippen molar-refractivity contribution in [1.29, 1.82) is 0 Å². The Kier molecular flexibility index (Phi) is 3.52. The molecule has 0 atom stereocenters. The molecule has 1 aliphatic heterocycles. The molecule has 1 aromatic heterocycles. The smallest absolute Gasteiger partial charge is 0.264 e. The van der Waals surface area contributed by atoms with Crippen LogP contribution in [0, 0.1) is 12.7 Å². The maximum atomic E-state index is 13.2. The highest BCUT2D eigenvalue weighted by Gasteiger charge is 2.32. The Morgan fingerprint density at radius 2 is 1.95 bits per heavy atom. The van der Waals surface area contributed by atoms with Gasteiger partial charge < -0.3 is 4.90 Å². The predicted molar refractivity (Wildman–Crippen MR) is 83.2 cm³/mol. The molecule has 0 saturated heterocycles. The number of halogens is 1. The largest absolute Gasteiger partial charge is 0.371 e. The van der Waals surface area contributed by atoms with Crippen molar-refractivity contribution in [3.8, 4) is 0 Å². The number of nitrogens with zero attached hydrogens (tertiary/aromatic N) is 3. The maximum absolute atomic E-state index is 13.2. The molecule has 0 radical (unpaired) electrons. The number of fused-ring (bicyclic) bond motifs is 1. The van der Waals surface area contributed by atoms with Crippen LogP contribution in [-0.4, -0.2) is 33.5 Å². The molecule has 22 heavy (non-hydrogen) atoms. The van der Waals surface area contributed by atoms with Gasteiger partial charge >= 0.3 is 0 Å². The van der Waals surface area contributed by atoms with Crippen molar-refractivity contribution in [3.05, 3.63) is 48.0 Å². The molecule has 1 aliphatic rings. The number of hydrogen-bond donors (Lipinski definition) is 0.